The predicted octanol–water partition coefficient (Wildman–Crippen LogP) is 2.75. The zero-order valence-corrected chi connectivity index (χ0v) is 28.0. The number of aliphatic hydroxyl groups is 1. The van der Waals surface area contributed by atoms with Crippen LogP contribution in [0.1, 0.15) is 60.8 Å². The normalized spacial score (nSPS) is 21.7. The Balaban J connectivity index is 0.000000569. The van der Waals surface area contributed by atoms with E-state index in [-0.39, 0.29) is 22.0 Å². The third-order valence-corrected chi connectivity index (χ3v) is 9.40. The molecule has 0 bridgehead atoms. The molecule has 1 fully saturated rings. The summed E-state index contributed by atoms with van der Waals surface area (Å²) in [5.74, 6) is -0.420. The van der Waals surface area contributed by atoms with E-state index in [9.17, 15) is 31.5 Å². The summed E-state index contributed by atoms with van der Waals surface area (Å²) in [4.78, 5) is 32.9. The number of amides is 2. The second-order valence-electron chi connectivity index (χ2n) is 11.8. The number of ether oxygens (including phenoxy) is 1. The van der Waals surface area contributed by atoms with E-state index in [0.29, 0.717) is 19.3 Å². The average molecular weight is 676 g/mol. The number of nitrogens with zero attached hydrogens (tertiary/aromatic N) is 2. The minimum atomic E-state index is -4.03. The maximum atomic E-state index is 13.2. The summed E-state index contributed by atoms with van der Waals surface area (Å²) < 4.78 is 52.8. The van der Waals surface area contributed by atoms with Crippen LogP contribution in [0.5, 0.6) is 0 Å². The number of halogens is 1. The van der Waals surface area contributed by atoms with E-state index in [1.54, 1.807) is 45.0 Å². The second-order valence-corrected chi connectivity index (χ2v) is 16.3. The molecule has 2 amide bonds. The van der Waals surface area contributed by atoms with Crippen LogP contribution in [-0.4, -0.2) is 79.1 Å². The van der Waals surface area contributed by atoms with E-state index in [4.69, 9.17) is 15.4 Å². The van der Waals surface area contributed by atoms with Gasteiger partial charge in [-0.1, -0.05) is 26.0 Å². The fourth-order valence-electron chi connectivity index (χ4n) is 4.28. The predicted molar refractivity (Wildman–Crippen MR) is 165 cm³/mol. The highest BCUT2D eigenvalue weighted by Crippen LogP contribution is 2.23. The fourth-order valence-corrected chi connectivity index (χ4v) is 6.68. The van der Waals surface area contributed by atoms with Crippen molar-refractivity contribution in [2.45, 2.75) is 106 Å². The zero-order valence-electron chi connectivity index (χ0n) is 25.6. The summed E-state index contributed by atoms with van der Waals surface area (Å²) in [6.45, 7) is 10.8. The molecule has 2 aromatic rings. The number of nitrogens with one attached hydrogen (secondary N) is 3. The maximum Gasteiger partial charge on any atom is 0.408 e. The Morgan fingerprint density at radius 2 is 1.61 bits per heavy atom. The largest absolute Gasteiger partial charge is 0.444 e. The summed E-state index contributed by atoms with van der Waals surface area (Å²) in [6, 6.07) is 7.09. The van der Waals surface area contributed by atoms with Crippen LogP contribution in [0.25, 0.3) is 0 Å². The lowest BCUT2D eigenvalue weighted by atomic mass is 10.0. The fraction of sp³-hybridized carbons (Fsp3) is 0.571. The Bertz CT molecular complexity index is 1440. The first-order chi connectivity index (χ1) is 20.3. The van der Waals surface area contributed by atoms with Crippen LogP contribution >= 0.6 is 10.7 Å². The summed E-state index contributed by atoms with van der Waals surface area (Å²) in [5, 5.41) is 17.8. The van der Waals surface area contributed by atoms with Crippen molar-refractivity contribution < 1.29 is 36.3 Å². The first-order valence-corrected chi connectivity index (χ1v) is 17.9. The van der Waals surface area contributed by atoms with Gasteiger partial charge in [-0.05, 0) is 77.1 Å². The van der Waals surface area contributed by atoms with Gasteiger partial charge in [0, 0.05) is 29.1 Å². The van der Waals surface area contributed by atoms with E-state index < -0.39 is 60.1 Å². The molecule has 0 saturated carbocycles. The molecule has 1 saturated heterocycles. The van der Waals surface area contributed by atoms with Gasteiger partial charge in [-0.3, -0.25) is 10.1 Å². The van der Waals surface area contributed by atoms with Crippen LogP contribution in [0.4, 0.5) is 4.79 Å². The molecule has 3 heterocycles. The minimum Gasteiger partial charge on any atom is -0.444 e. The molecular weight excluding hydrogens is 634 g/mol. The summed E-state index contributed by atoms with van der Waals surface area (Å²) in [5.41, 5.74) is -0.727. The third kappa shape index (κ3) is 11.9. The Kier molecular flexibility index (Phi) is 13.5. The highest BCUT2D eigenvalue weighted by molar-refractivity contribution is 8.13. The summed E-state index contributed by atoms with van der Waals surface area (Å²) in [7, 11) is -2.70. The maximum absolute atomic E-state index is 13.2. The van der Waals surface area contributed by atoms with Gasteiger partial charge in [-0.2, -0.15) is 0 Å². The van der Waals surface area contributed by atoms with Gasteiger partial charge in [0.05, 0.1) is 6.04 Å². The van der Waals surface area contributed by atoms with Gasteiger partial charge in [0.15, 0.2) is 10.1 Å². The molecule has 0 aliphatic carbocycles. The lowest BCUT2D eigenvalue weighted by molar-refractivity contribution is -0.125. The van der Waals surface area contributed by atoms with Crippen LogP contribution in [0.3, 0.4) is 0 Å². The van der Waals surface area contributed by atoms with Gasteiger partial charge in [0.1, 0.15) is 23.1 Å². The SMILES string of the molecule is CC(C)C[C@H](NC(=O)OC(C)(C)C)C(=O)N[C@H]1CC[C@@H](C)NC(S(=O)(=O)c2ccccn2)[C@H]1O.O=S(=O)(Cl)c1ccccn1. The molecule has 13 nitrogen and oxygen atoms in total. The van der Waals surface area contributed by atoms with Crippen molar-refractivity contribution in [2.24, 2.45) is 5.92 Å². The zero-order chi connectivity index (χ0) is 33.3. The number of aromatic nitrogens is 2. The molecule has 3 rings (SSSR count). The van der Waals surface area contributed by atoms with Crippen molar-refractivity contribution >= 4 is 41.6 Å². The van der Waals surface area contributed by atoms with E-state index in [0.717, 1.165) is 0 Å². The average Bonchev–Trinajstić information content (AvgIpc) is 3.06. The number of hydrogen-bond donors (Lipinski definition) is 4. The van der Waals surface area contributed by atoms with Gasteiger partial charge >= 0.3 is 6.09 Å². The molecule has 1 unspecified atom stereocenters. The molecule has 2 aromatic heterocycles. The number of alkyl carbamates (subject to hydrolysis) is 1. The van der Waals surface area contributed by atoms with Gasteiger partial charge in [-0.25, -0.2) is 31.6 Å². The number of carbonyl (C=O) groups excluding carboxylic acids is 2. The number of carbonyl (C=O) groups is 2. The lowest BCUT2D eigenvalue weighted by Crippen LogP contribution is -2.58. The first-order valence-electron chi connectivity index (χ1n) is 14.1. The Morgan fingerprint density at radius 3 is 2.07 bits per heavy atom. The number of aliphatic hydroxyl groups excluding tert-OH is 1. The van der Waals surface area contributed by atoms with Crippen LogP contribution in [0.2, 0.25) is 0 Å². The summed E-state index contributed by atoms with van der Waals surface area (Å²) >= 11 is 0. The van der Waals surface area contributed by atoms with E-state index >= 15 is 0 Å². The topological polar surface area (TPSA) is 194 Å². The molecule has 1 aliphatic rings. The molecule has 0 spiro atoms. The highest BCUT2D eigenvalue weighted by atomic mass is 35.7. The number of sulfone groups is 1. The van der Waals surface area contributed by atoms with Crippen molar-refractivity contribution in [3.05, 3.63) is 48.8 Å². The highest BCUT2D eigenvalue weighted by Gasteiger charge is 2.42. The smallest absolute Gasteiger partial charge is 0.408 e. The molecule has 0 aromatic carbocycles. The second kappa shape index (κ2) is 15.9. The quantitative estimate of drug-likeness (QED) is 0.301. The molecule has 4 N–H and O–H groups in total. The van der Waals surface area contributed by atoms with Crippen LogP contribution in [-0.2, 0) is 28.4 Å². The van der Waals surface area contributed by atoms with Crippen molar-refractivity contribution in [3.63, 3.8) is 0 Å². The van der Waals surface area contributed by atoms with Gasteiger partial charge in [0.2, 0.25) is 15.7 Å². The summed E-state index contributed by atoms with van der Waals surface area (Å²) in [6.07, 6.45) is 1.83. The van der Waals surface area contributed by atoms with Crippen molar-refractivity contribution in [2.75, 3.05) is 0 Å². The Morgan fingerprint density at radius 1 is 1.05 bits per heavy atom. The van der Waals surface area contributed by atoms with Crippen molar-refractivity contribution in [1.82, 2.24) is 25.9 Å². The van der Waals surface area contributed by atoms with Gasteiger partial charge in [0.25, 0.3) is 9.05 Å². The standard InChI is InChI=1S/C23H38N4O6S.C5H4ClNO2S/c1-14(2)13-17(27-22(30)33-23(4,5)6)20(29)26-16-11-10-15(3)25-21(19(16)28)34(31,32)18-9-7-8-12-24-18;6-10(8,9)5-3-1-2-4-7-5/h7-9,12,14-17,19,21,25,28H,10-11,13H2,1-6H3,(H,26,29)(H,27,30);1-4H/t15-,16+,17+,19+,21?;/m1./s1. The van der Waals surface area contributed by atoms with Crippen LogP contribution in [0.15, 0.2) is 58.8 Å². The monoisotopic (exact) mass is 675 g/mol. The number of hydrogen-bond acceptors (Lipinski definition) is 11. The molecule has 0 radical (unpaired) electrons. The van der Waals surface area contributed by atoms with Crippen LogP contribution < -0.4 is 16.0 Å². The van der Waals surface area contributed by atoms with E-state index in [1.165, 1.54) is 24.5 Å². The molecule has 16 heteroatoms. The van der Waals surface area contributed by atoms with Crippen LogP contribution in [0, 0.1) is 5.92 Å². The molecular formula is C28H42ClN5O8S2. The lowest BCUT2D eigenvalue weighted by Gasteiger charge is -2.30. The minimum absolute atomic E-state index is 0.0868. The molecule has 1 aliphatic heterocycles. The molecule has 5 atom stereocenters. The first kappa shape index (κ1) is 37.3. The van der Waals surface area contributed by atoms with E-state index in [1.807, 2.05) is 20.8 Å². The van der Waals surface area contributed by atoms with Crippen molar-refractivity contribution in [1.29, 1.82) is 0 Å². The Hall–Kier alpha value is -2.85. The number of rotatable bonds is 8. The van der Waals surface area contributed by atoms with Gasteiger partial charge < -0.3 is 20.5 Å². The van der Waals surface area contributed by atoms with Crippen molar-refractivity contribution in [3.8, 4) is 0 Å². The Labute approximate surface area is 263 Å². The van der Waals surface area contributed by atoms with E-state index in [2.05, 4.69) is 25.9 Å². The third-order valence-electron chi connectivity index (χ3n) is 6.28. The molecule has 246 valence electrons. The molecule has 44 heavy (non-hydrogen) atoms. The van der Waals surface area contributed by atoms with Gasteiger partial charge in [-0.15, -0.1) is 0 Å². The number of pyridine rings is 2.